The van der Waals surface area contributed by atoms with Gasteiger partial charge in [0.2, 0.25) is 0 Å². The van der Waals surface area contributed by atoms with Crippen molar-refractivity contribution in [3.8, 4) is 5.75 Å². The average Bonchev–Trinajstić information content (AvgIpc) is 2.82. The van der Waals surface area contributed by atoms with Crippen LogP contribution in [0.25, 0.3) is 0 Å². The lowest BCUT2D eigenvalue weighted by atomic mass is 10.2. The maximum atomic E-state index is 12.4. The van der Waals surface area contributed by atoms with Gasteiger partial charge in [0.25, 0.3) is 0 Å². The number of halogens is 3. The molecule has 1 aromatic rings. The topological polar surface area (TPSA) is 21.3 Å². The molecule has 1 aliphatic heterocycles. The van der Waals surface area contributed by atoms with Crippen LogP contribution in [0.3, 0.4) is 0 Å². The van der Waals surface area contributed by atoms with Crippen LogP contribution in [0.1, 0.15) is 19.3 Å². The van der Waals surface area contributed by atoms with E-state index in [0.717, 1.165) is 25.8 Å². The number of alkyl halides is 3. The quantitative estimate of drug-likeness (QED) is 0.833. The van der Waals surface area contributed by atoms with Crippen LogP contribution in [0.15, 0.2) is 29.2 Å². The van der Waals surface area contributed by atoms with Gasteiger partial charge < -0.3 is 10.1 Å². The lowest BCUT2D eigenvalue weighted by Gasteiger charge is -2.14. The summed E-state index contributed by atoms with van der Waals surface area (Å²) in [6.07, 6.45) is 3.10. The molecule has 1 saturated heterocycles. The van der Waals surface area contributed by atoms with E-state index in [1.54, 1.807) is 18.2 Å². The van der Waals surface area contributed by atoms with Crippen LogP contribution in [0.5, 0.6) is 5.75 Å². The van der Waals surface area contributed by atoms with Gasteiger partial charge in [-0.25, -0.2) is 0 Å². The smallest absolute Gasteiger partial charge is 0.446 e. The Hall–Kier alpha value is -0.880. The second-order valence-electron chi connectivity index (χ2n) is 4.42. The number of nitrogens with one attached hydrogen (secondary N) is 1. The molecule has 0 aliphatic carbocycles. The van der Waals surface area contributed by atoms with Crippen LogP contribution in [-0.2, 0) is 0 Å². The lowest BCUT2D eigenvalue weighted by Crippen LogP contribution is -2.23. The van der Waals surface area contributed by atoms with Crippen molar-refractivity contribution in [2.45, 2.75) is 35.7 Å². The molecular weight excluding hydrogens is 275 g/mol. The van der Waals surface area contributed by atoms with Crippen molar-refractivity contribution < 1.29 is 17.9 Å². The van der Waals surface area contributed by atoms with Gasteiger partial charge in [0.1, 0.15) is 5.75 Å². The molecule has 1 aliphatic rings. The molecule has 0 amide bonds. The predicted octanol–water partition coefficient (Wildman–Crippen LogP) is 3.82. The number of hydrogen-bond acceptors (Lipinski definition) is 3. The maximum absolute atomic E-state index is 12.4. The van der Waals surface area contributed by atoms with Gasteiger partial charge in [0.05, 0.1) is 11.5 Å². The molecule has 1 heterocycles. The first-order valence-corrected chi connectivity index (χ1v) is 7.07. The third-order valence-corrected chi connectivity index (χ3v) is 3.75. The highest BCUT2D eigenvalue weighted by Crippen LogP contribution is 2.41. The van der Waals surface area contributed by atoms with Crippen LogP contribution in [0.4, 0.5) is 13.2 Å². The Bertz CT molecular complexity index is 405. The summed E-state index contributed by atoms with van der Waals surface area (Å²) in [4.78, 5) is 0.120. The van der Waals surface area contributed by atoms with Gasteiger partial charge >= 0.3 is 5.51 Å². The van der Waals surface area contributed by atoms with Crippen LogP contribution in [-0.4, -0.2) is 24.7 Å². The minimum absolute atomic E-state index is 0.120. The van der Waals surface area contributed by atoms with Crippen molar-refractivity contribution in [2.75, 3.05) is 13.2 Å². The van der Waals surface area contributed by atoms with Crippen molar-refractivity contribution >= 4 is 11.8 Å². The fourth-order valence-electron chi connectivity index (χ4n) is 2.09. The van der Waals surface area contributed by atoms with E-state index in [0.29, 0.717) is 18.4 Å². The molecular formula is C13H16F3NOS. The maximum Gasteiger partial charge on any atom is 0.446 e. The molecule has 2 rings (SSSR count). The molecule has 0 bridgehead atoms. The number of thioether (sulfide) groups is 1. The van der Waals surface area contributed by atoms with Gasteiger partial charge in [0.15, 0.2) is 0 Å². The van der Waals surface area contributed by atoms with Crippen molar-refractivity contribution in [3.63, 3.8) is 0 Å². The van der Waals surface area contributed by atoms with E-state index in [1.165, 1.54) is 6.07 Å². The molecule has 1 fully saturated rings. The Morgan fingerprint density at radius 2 is 2.11 bits per heavy atom. The number of benzene rings is 1. The summed E-state index contributed by atoms with van der Waals surface area (Å²) in [5.74, 6) is 0.308. The van der Waals surface area contributed by atoms with Crippen LogP contribution in [0.2, 0.25) is 0 Å². The van der Waals surface area contributed by atoms with E-state index in [4.69, 9.17) is 4.74 Å². The predicted molar refractivity (Wildman–Crippen MR) is 69.5 cm³/mol. The molecule has 0 aromatic heterocycles. The molecule has 1 atom stereocenters. The number of ether oxygens (including phenoxy) is 1. The van der Waals surface area contributed by atoms with Crippen molar-refractivity contribution in [1.82, 2.24) is 5.32 Å². The SMILES string of the molecule is FC(F)(F)Sc1ccccc1OCCC1CCCN1. The summed E-state index contributed by atoms with van der Waals surface area (Å²) >= 11 is -0.131. The van der Waals surface area contributed by atoms with Crippen LogP contribution >= 0.6 is 11.8 Å². The van der Waals surface area contributed by atoms with Gasteiger partial charge in [-0.1, -0.05) is 12.1 Å². The van der Waals surface area contributed by atoms with E-state index >= 15 is 0 Å². The minimum Gasteiger partial charge on any atom is -0.492 e. The first-order valence-electron chi connectivity index (χ1n) is 6.25. The van der Waals surface area contributed by atoms with Gasteiger partial charge in [-0.3, -0.25) is 0 Å². The van der Waals surface area contributed by atoms with E-state index in [2.05, 4.69) is 5.32 Å². The molecule has 0 radical (unpaired) electrons. The highest BCUT2D eigenvalue weighted by Gasteiger charge is 2.30. The minimum atomic E-state index is -4.29. The fourth-order valence-corrected chi connectivity index (χ4v) is 2.72. The van der Waals surface area contributed by atoms with E-state index in [9.17, 15) is 13.2 Å². The molecule has 1 unspecified atom stereocenters. The average molecular weight is 291 g/mol. The second-order valence-corrected chi connectivity index (χ2v) is 5.53. The summed E-state index contributed by atoms with van der Waals surface area (Å²) in [6.45, 7) is 1.46. The zero-order valence-corrected chi connectivity index (χ0v) is 11.2. The van der Waals surface area contributed by atoms with Gasteiger partial charge in [0, 0.05) is 6.04 Å². The molecule has 106 valence electrons. The Balaban J connectivity index is 1.88. The first kappa shape index (κ1) is 14.5. The monoisotopic (exact) mass is 291 g/mol. The second kappa shape index (κ2) is 6.52. The summed E-state index contributed by atoms with van der Waals surface area (Å²) in [5, 5.41) is 3.33. The largest absolute Gasteiger partial charge is 0.492 e. The van der Waals surface area contributed by atoms with Crippen molar-refractivity contribution in [1.29, 1.82) is 0 Å². The number of para-hydroxylation sites is 1. The van der Waals surface area contributed by atoms with E-state index < -0.39 is 5.51 Å². The normalized spacial score (nSPS) is 19.6. The Morgan fingerprint density at radius 1 is 1.32 bits per heavy atom. The van der Waals surface area contributed by atoms with E-state index in [1.807, 2.05) is 0 Å². The van der Waals surface area contributed by atoms with Gasteiger partial charge in [-0.2, -0.15) is 13.2 Å². The Labute approximate surface area is 114 Å². The highest BCUT2D eigenvalue weighted by molar-refractivity contribution is 8.00. The van der Waals surface area contributed by atoms with Crippen LogP contribution < -0.4 is 10.1 Å². The lowest BCUT2D eigenvalue weighted by molar-refractivity contribution is -0.0329. The summed E-state index contributed by atoms with van der Waals surface area (Å²) in [6, 6.07) is 6.71. The zero-order chi connectivity index (χ0) is 13.7. The first-order chi connectivity index (χ1) is 9.04. The molecule has 1 aromatic carbocycles. The van der Waals surface area contributed by atoms with Gasteiger partial charge in [-0.15, -0.1) is 0 Å². The molecule has 2 nitrogen and oxygen atoms in total. The van der Waals surface area contributed by atoms with Crippen LogP contribution in [0, 0.1) is 0 Å². The molecule has 6 heteroatoms. The van der Waals surface area contributed by atoms with Crippen molar-refractivity contribution in [3.05, 3.63) is 24.3 Å². The van der Waals surface area contributed by atoms with E-state index in [-0.39, 0.29) is 16.7 Å². The molecule has 0 saturated carbocycles. The third kappa shape index (κ3) is 4.95. The molecule has 1 N–H and O–H groups in total. The summed E-state index contributed by atoms with van der Waals surface area (Å²) in [7, 11) is 0. The van der Waals surface area contributed by atoms with Gasteiger partial charge in [-0.05, 0) is 49.7 Å². The number of rotatable bonds is 5. The zero-order valence-electron chi connectivity index (χ0n) is 10.4. The standard InChI is InChI=1S/C13H16F3NOS/c14-13(15,16)19-12-6-2-1-5-11(12)18-9-7-10-4-3-8-17-10/h1-2,5-6,10,17H,3-4,7-9H2. The summed E-state index contributed by atoms with van der Waals surface area (Å²) in [5.41, 5.74) is -4.29. The molecule has 0 spiro atoms. The van der Waals surface area contributed by atoms with Crippen molar-refractivity contribution in [2.24, 2.45) is 0 Å². The number of hydrogen-bond donors (Lipinski definition) is 1. The molecule has 19 heavy (non-hydrogen) atoms. The summed E-state index contributed by atoms with van der Waals surface area (Å²) < 4.78 is 42.6. The Kier molecular flexibility index (Phi) is 4.99. The highest BCUT2D eigenvalue weighted by atomic mass is 32.2. The Morgan fingerprint density at radius 3 is 2.79 bits per heavy atom. The fraction of sp³-hybridized carbons (Fsp3) is 0.538. The third-order valence-electron chi connectivity index (χ3n) is 2.96.